The molecule has 0 aliphatic heterocycles. The van der Waals surface area contributed by atoms with E-state index < -0.39 is 4.92 Å². The van der Waals surface area contributed by atoms with Crippen molar-refractivity contribution in [3.05, 3.63) is 52.3 Å². The van der Waals surface area contributed by atoms with Gasteiger partial charge < -0.3 is 19.7 Å². The first-order chi connectivity index (χ1) is 13.2. The largest absolute Gasteiger partial charge is 0.383 e. The summed E-state index contributed by atoms with van der Waals surface area (Å²) in [5.74, 6) is 0.465. The third-order valence-corrected chi connectivity index (χ3v) is 3.96. The second-order valence-electron chi connectivity index (χ2n) is 5.79. The third kappa shape index (κ3) is 6.15. The van der Waals surface area contributed by atoms with Crippen molar-refractivity contribution in [3.63, 3.8) is 0 Å². The lowest BCUT2D eigenvalue weighted by molar-refractivity contribution is -0.383. The van der Waals surface area contributed by atoms with Gasteiger partial charge in [0.15, 0.2) is 0 Å². The highest BCUT2D eigenvalue weighted by molar-refractivity contribution is 5.70. The summed E-state index contributed by atoms with van der Waals surface area (Å²) in [7, 11) is 3.17. The molecule has 0 spiro atoms. The number of methoxy groups -OCH3 is 2. The normalized spacial score (nSPS) is 10.6. The Balaban J connectivity index is 2.19. The number of nitro groups is 1. The summed E-state index contributed by atoms with van der Waals surface area (Å²) >= 11 is 0. The summed E-state index contributed by atoms with van der Waals surface area (Å²) in [6.45, 7) is 2.28. The molecule has 9 nitrogen and oxygen atoms in total. The van der Waals surface area contributed by atoms with Crippen molar-refractivity contribution in [2.45, 2.75) is 6.42 Å². The molecule has 0 radical (unpaired) electrons. The molecule has 1 aromatic carbocycles. The van der Waals surface area contributed by atoms with E-state index in [9.17, 15) is 10.1 Å². The van der Waals surface area contributed by atoms with Gasteiger partial charge in [0.2, 0.25) is 11.6 Å². The fraction of sp³-hybridized carbons (Fsp3) is 0.444. The molecule has 0 atom stereocenters. The van der Waals surface area contributed by atoms with Crippen molar-refractivity contribution in [1.29, 1.82) is 0 Å². The Labute approximate surface area is 158 Å². The number of aromatic nitrogens is 2. The van der Waals surface area contributed by atoms with E-state index in [0.29, 0.717) is 32.8 Å². The van der Waals surface area contributed by atoms with Crippen molar-refractivity contribution in [1.82, 2.24) is 9.97 Å². The van der Waals surface area contributed by atoms with E-state index in [-0.39, 0.29) is 17.3 Å². The monoisotopic (exact) mass is 375 g/mol. The van der Waals surface area contributed by atoms with Crippen LogP contribution in [0.5, 0.6) is 0 Å². The molecule has 1 heterocycles. The predicted octanol–water partition coefficient (Wildman–Crippen LogP) is 2.14. The van der Waals surface area contributed by atoms with Gasteiger partial charge in [0, 0.05) is 33.9 Å². The van der Waals surface area contributed by atoms with E-state index in [4.69, 9.17) is 9.47 Å². The summed E-state index contributed by atoms with van der Waals surface area (Å²) in [5.41, 5.74) is 1.00. The quantitative estimate of drug-likeness (QED) is 0.445. The van der Waals surface area contributed by atoms with Gasteiger partial charge in [0.05, 0.1) is 18.1 Å². The highest BCUT2D eigenvalue weighted by Gasteiger charge is 2.26. The fourth-order valence-corrected chi connectivity index (χ4v) is 2.59. The summed E-state index contributed by atoms with van der Waals surface area (Å²) in [4.78, 5) is 21.3. The van der Waals surface area contributed by atoms with Gasteiger partial charge in [-0.1, -0.05) is 30.3 Å². The number of ether oxygens (including phenoxy) is 2. The number of anilines is 2. The Bertz CT molecular complexity index is 706. The molecule has 0 saturated carbocycles. The highest BCUT2D eigenvalue weighted by Crippen LogP contribution is 2.31. The van der Waals surface area contributed by atoms with Gasteiger partial charge in [-0.3, -0.25) is 10.1 Å². The van der Waals surface area contributed by atoms with Crippen LogP contribution >= 0.6 is 0 Å². The Morgan fingerprint density at radius 1 is 1.11 bits per heavy atom. The average molecular weight is 375 g/mol. The number of benzene rings is 1. The van der Waals surface area contributed by atoms with Gasteiger partial charge in [-0.15, -0.1) is 0 Å². The molecule has 0 bridgehead atoms. The summed E-state index contributed by atoms with van der Waals surface area (Å²) in [6.07, 6.45) is 2.06. The van der Waals surface area contributed by atoms with E-state index >= 15 is 0 Å². The molecular formula is C18H25N5O4. The minimum Gasteiger partial charge on any atom is -0.383 e. The van der Waals surface area contributed by atoms with Crippen molar-refractivity contribution < 1.29 is 14.4 Å². The molecule has 0 saturated heterocycles. The fourth-order valence-electron chi connectivity index (χ4n) is 2.59. The van der Waals surface area contributed by atoms with E-state index in [1.54, 1.807) is 19.1 Å². The first-order valence-electron chi connectivity index (χ1n) is 8.67. The predicted molar refractivity (Wildman–Crippen MR) is 103 cm³/mol. The molecule has 2 aromatic rings. The number of nitrogens with zero attached hydrogens (tertiary/aromatic N) is 4. The minimum absolute atomic E-state index is 0.141. The average Bonchev–Trinajstić information content (AvgIpc) is 2.68. The van der Waals surface area contributed by atoms with Crippen LogP contribution in [0.15, 0.2) is 36.7 Å². The van der Waals surface area contributed by atoms with Crippen LogP contribution in [-0.2, 0) is 15.9 Å². The summed E-state index contributed by atoms with van der Waals surface area (Å²) < 4.78 is 10.2. The van der Waals surface area contributed by atoms with Crippen LogP contribution in [0, 0.1) is 10.1 Å². The van der Waals surface area contributed by atoms with Crippen LogP contribution in [0.1, 0.15) is 5.56 Å². The molecule has 2 rings (SSSR count). The Morgan fingerprint density at radius 3 is 2.37 bits per heavy atom. The van der Waals surface area contributed by atoms with Crippen molar-refractivity contribution >= 4 is 17.3 Å². The van der Waals surface area contributed by atoms with E-state index in [1.165, 1.54) is 6.33 Å². The van der Waals surface area contributed by atoms with Crippen LogP contribution in [-0.4, -0.2) is 62.0 Å². The van der Waals surface area contributed by atoms with Crippen molar-refractivity contribution in [2.24, 2.45) is 0 Å². The van der Waals surface area contributed by atoms with Crippen molar-refractivity contribution in [3.8, 4) is 0 Å². The van der Waals surface area contributed by atoms with Crippen LogP contribution in [0.3, 0.4) is 0 Å². The Hall–Kier alpha value is -2.78. The zero-order valence-corrected chi connectivity index (χ0v) is 15.6. The maximum atomic E-state index is 11.7. The third-order valence-electron chi connectivity index (χ3n) is 3.96. The zero-order chi connectivity index (χ0) is 19.5. The molecule has 0 aliphatic carbocycles. The molecule has 9 heteroatoms. The molecule has 0 fully saturated rings. The zero-order valence-electron chi connectivity index (χ0n) is 15.6. The lowest BCUT2D eigenvalue weighted by Gasteiger charge is -2.23. The van der Waals surface area contributed by atoms with Gasteiger partial charge in [-0.25, -0.2) is 9.97 Å². The smallest absolute Gasteiger partial charge is 0.353 e. The maximum absolute atomic E-state index is 11.7. The van der Waals surface area contributed by atoms with E-state index in [2.05, 4.69) is 15.3 Å². The maximum Gasteiger partial charge on any atom is 0.353 e. The number of rotatable bonds is 12. The SMILES string of the molecule is COCCN(CCOC)c1ncnc(NCCc2ccccc2)c1[N+](=O)[O-]. The molecule has 1 N–H and O–H groups in total. The van der Waals surface area contributed by atoms with Crippen LogP contribution in [0.4, 0.5) is 17.3 Å². The van der Waals surface area contributed by atoms with Gasteiger partial charge >= 0.3 is 5.69 Å². The molecule has 146 valence electrons. The lowest BCUT2D eigenvalue weighted by Crippen LogP contribution is -2.32. The molecule has 0 unspecified atom stereocenters. The van der Waals surface area contributed by atoms with E-state index in [1.807, 2.05) is 30.3 Å². The first kappa shape index (κ1) is 20.5. The lowest BCUT2D eigenvalue weighted by atomic mass is 10.1. The second kappa shape index (κ2) is 11.0. The Kier molecular flexibility index (Phi) is 8.40. The van der Waals surface area contributed by atoms with Gasteiger partial charge in [0.25, 0.3) is 0 Å². The van der Waals surface area contributed by atoms with Crippen LogP contribution in [0.25, 0.3) is 0 Å². The van der Waals surface area contributed by atoms with Crippen LogP contribution < -0.4 is 10.2 Å². The molecular weight excluding hydrogens is 350 g/mol. The number of nitrogens with one attached hydrogen (secondary N) is 1. The highest BCUT2D eigenvalue weighted by atomic mass is 16.6. The van der Waals surface area contributed by atoms with Gasteiger partial charge in [-0.2, -0.15) is 0 Å². The van der Waals surface area contributed by atoms with Gasteiger partial charge in [0.1, 0.15) is 6.33 Å². The Morgan fingerprint density at radius 2 is 1.78 bits per heavy atom. The minimum atomic E-state index is -0.452. The van der Waals surface area contributed by atoms with Gasteiger partial charge in [-0.05, 0) is 12.0 Å². The number of hydrogen-bond donors (Lipinski definition) is 1. The summed E-state index contributed by atoms with van der Waals surface area (Å²) in [5, 5.41) is 14.8. The van der Waals surface area contributed by atoms with E-state index in [0.717, 1.165) is 12.0 Å². The van der Waals surface area contributed by atoms with Crippen LogP contribution in [0.2, 0.25) is 0 Å². The first-order valence-corrected chi connectivity index (χ1v) is 8.67. The number of hydrogen-bond acceptors (Lipinski definition) is 8. The van der Waals surface area contributed by atoms with Crippen molar-refractivity contribution in [2.75, 3.05) is 57.3 Å². The topological polar surface area (TPSA) is 103 Å². The molecule has 0 aliphatic rings. The standard InChI is InChI=1S/C18H25N5O4/c1-26-12-10-22(11-13-27-2)18-16(23(24)25)17(20-14-21-18)19-9-8-15-6-4-3-5-7-15/h3-7,14H,8-13H2,1-2H3,(H,19,20,21). The molecule has 27 heavy (non-hydrogen) atoms. The summed E-state index contributed by atoms with van der Waals surface area (Å²) in [6, 6.07) is 9.90. The molecule has 0 amide bonds. The second-order valence-corrected chi connectivity index (χ2v) is 5.79. The molecule has 1 aromatic heterocycles.